The molecule has 0 spiro atoms. The number of hydrogen-bond donors (Lipinski definition) is 1. The van der Waals surface area contributed by atoms with Crippen LogP contribution in [0.15, 0.2) is 42.6 Å². The first kappa shape index (κ1) is 12.6. The van der Waals surface area contributed by atoms with Gasteiger partial charge in [-0.1, -0.05) is 26.0 Å². The van der Waals surface area contributed by atoms with Crippen molar-refractivity contribution in [1.82, 2.24) is 4.98 Å². The molecule has 1 heterocycles. The van der Waals surface area contributed by atoms with Crippen molar-refractivity contribution in [3.8, 4) is 11.6 Å². The molecule has 3 nitrogen and oxygen atoms in total. The Kier molecular flexibility index (Phi) is 3.95. The third-order valence-corrected chi connectivity index (χ3v) is 2.78. The zero-order valence-electron chi connectivity index (χ0n) is 10.8. The zero-order chi connectivity index (χ0) is 13.0. The molecule has 0 aliphatic rings. The summed E-state index contributed by atoms with van der Waals surface area (Å²) in [5.74, 6) is 1.87. The van der Waals surface area contributed by atoms with Crippen molar-refractivity contribution in [2.24, 2.45) is 5.73 Å². The lowest BCUT2D eigenvalue weighted by Gasteiger charge is -2.09. The van der Waals surface area contributed by atoms with Gasteiger partial charge in [-0.05, 0) is 35.2 Å². The van der Waals surface area contributed by atoms with E-state index in [-0.39, 0.29) is 0 Å². The average molecular weight is 242 g/mol. The predicted molar refractivity (Wildman–Crippen MR) is 72.7 cm³/mol. The molecule has 0 aliphatic heterocycles. The minimum atomic E-state index is 0.483. The van der Waals surface area contributed by atoms with Gasteiger partial charge in [0.25, 0.3) is 0 Å². The zero-order valence-corrected chi connectivity index (χ0v) is 10.8. The van der Waals surface area contributed by atoms with E-state index < -0.39 is 0 Å². The molecule has 0 saturated heterocycles. The van der Waals surface area contributed by atoms with E-state index in [0.717, 1.165) is 11.3 Å². The van der Waals surface area contributed by atoms with Gasteiger partial charge in [-0.15, -0.1) is 0 Å². The van der Waals surface area contributed by atoms with Crippen LogP contribution in [0.25, 0.3) is 0 Å². The van der Waals surface area contributed by atoms with E-state index in [9.17, 15) is 0 Å². The van der Waals surface area contributed by atoms with Crippen LogP contribution in [-0.2, 0) is 6.54 Å². The summed E-state index contributed by atoms with van der Waals surface area (Å²) in [5, 5.41) is 0. The second-order valence-electron chi connectivity index (χ2n) is 4.54. The lowest BCUT2D eigenvalue weighted by atomic mass is 10.0. The summed E-state index contributed by atoms with van der Waals surface area (Å²) >= 11 is 0. The molecule has 2 aromatic rings. The number of hydrogen-bond acceptors (Lipinski definition) is 3. The Balaban J connectivity index is 2.20. The van der Waals surface area contributed by atoms with E-state index in [1.165, 1.54) is 5.56 Å². The number of ether oxygens (including phenoxy) is 1. The van der Waals surface area contributed by atoms with Gasteiger partial charge in [0.15, 0.2) is 0 Å². The van der Waals surface area contributed by atoms with Crippen LogP contribution in [0.4, 0.5) is 0 Å². The fraction of sp³-hybridized carbons (Fsp3) is 0.267. The number of aromatic nitrogens is 1. The molecule has 0 atom stereocenters. The Labute approximate surface area is 108 Å². The van der Waals surface area contributed by atoms with Crippen molar-refractivity contribution in [3.63, 3.8) is 0 Å². The molecule has 3 heteroatoms. The summed E-state index contributed by atoms with van der Waals surface area (Å²) in [7, 11) is 0. The lowest BCUT2D eigenvalue weighted by molar-refractivity contribution is 0.461. The Morgan fingerprint density at radius 3 is 2.78 bits per heavy atom. The predicted octanol–water partition coefficient (Wildman–Crippen LogP) is 3.46. The van der Waals surface area contributed by atoms with Gasteiger partial charge in [0.2, 0.25) is 5.88 Å². The number of rotatable bonds is 4. The number of nitrogens with zero attached hydrogens (tertiary/aromatic N) is 1. The molecule has 1 aromatic carbocycles. The van der Waals surface area contributed by atoms with Crippen molar-refractivity contribution in [2.75, 3.05) is 0 Å². The van der Waals surface area contributed by atoms with Crippen LogP contribution < -0.4 is 10.5 Å². The summed E-state index contributed by atoms with van der Waals surface area (Å²) in [6.45, 7) is 4.81. The summed E-state index contributed by atoms with van der Waals surface area (Å²) < 4.78 is 5.74. The first-order valence-corrected chi connectivity index (χ1v) is 6.12. The molecule has 0 saturated carbocycles. The van der Waals surface area contributed by atoms with E-state index in [4.69, 9.17) is 10.5 Å². The summed E-state index contributed by atoms with van der Waals surface area (Å²) in [6, 6.07) is 11.8. The van der Waals surface area contributed by atoms with Crippen molar-refractivity contribution in [1.29, 1.82) is 0 Å². The highest BCUT2D eigenvalue weighted by molar-refractivity contribution is 5.33. The number of benzene rings is 1. The third kappa shape index (κ3) is 3.08. The molecular weight excluding hydrogens is 224 g/mol. The van der Waals surface area contributed by atoms with Gasteiger partial charge in [-0.3, -0.25) is 0 Å². The molecule has 94 valence electrons. The highest BCUT2D eigenvalue weighted by Gasteiger charge is 2.03. The van der Waals surface area contributed by atoms with Gasteiger partial charge in [0.05, 0.1) is 0 Å². The monoisotopic (exact) mass is 242 g/mol. The van der Waals surface area contributed by atoms with Crippen LogP contribution in [-0.4, -0.2) is 4.98 Å². The van der Waals surface area contributed by atoms with Gasteiger partial charge in [0.1, 0.15) is 5.75 Å². The second kappa shape index (κ2) is 5.65. The quantitative estimate of drug-likeness (QED) is 0.893. The van der Waals surface area contributed by atoms with Crippen LogP contribution in [0, 0.1) is 0 Å². The minimum Gasteiger partial charge on any atom is -0.439 e. The molecule has 2 rings (SSSR count). The summed E-state index contributed by atoms with van der Waals surface area (Å²) in [4.78, 5) is 4.18. The van der Waals surface area contributed by atoms with E-state index in [1.807, 2.05) is 30.3 Å². The smallest absolute Gasteiger partial charge is 0.219 e. The first-order valence-electron chi connectivity index (χ1n) is 6.12. The molecule has 0 radical (unpaired) electrons. The fourth-order valence-electron chi connectivity index (χ4n) is 1.69. The van der Waals surface area contributed by atoms with Crippen LogP contribution in [0.5, 0.6) is 11.6 Å². The molecule has 0 bridgehead atoms. The normalized spacial score (nSPS) is 10.7. The van der Waals surface area contributed by atoms with Crippen LogP contribution >= 0.6 is 0 Å². The van der Waals surface area contributed by atoms with E-state index >= 15 is 0 Å². The fourth-order valence-corrected chi connectivity index (χ4v) is 1.69. The van der Waals surface area contributed by atoms with Crippen LogP contribution in [0.3, 0.4) is 0 Å². The Hall–Kier alpha value is -1.87. The highest BCUT2D eigenvalue weighted by atomic mass is 16.5. The van der Waals surface area contributed by atoms with Gasteiger partial charge in [-0.25, -0.2) is 4.98 Å². The standard InChI is InChI=1S/C15H18N2O/c1-11(2)13-4-3-5-14(9-13)18-15-8-12(10-16)6-7-17-15/h3-9,11H,10,16H2,1-2H3. The maximum Gasteiger partial charge on any atom is 0.219 e. The van der Waals surface area contributed by atoms with E-state index in [2.05, 4.69) is 24.9 Å². The molecular formula is C15H18N2O. The van der Waals surface area contributed by atoms with Crippen molar-refractivity contribution in [2.45, 2.75) is 26.3 Å². The lowest BCUT2D eigenvalue weighted by Crippen LogP contribution is -1.97. The highest BCUT2D eigenvalue weighted by Crippen LogP contribution is 2.24. The number of pyridine rings is 1. The van der Waals surface area contributed by atoms with Crippen molar-refractivity contribution < 1.29 is 4.74 Å². The molecule has 18 heavy (non-hydrogen) atoms. The third-order valence-electron chi connectivity index (χ3n) is 2.78. The van der Waals surface area contributed by atoms with Gasteiger partial charge < -0.3 is 10.5 Å². The molecule has 0 unspecified atom stereocenters. The average Bonchev–Trinajstić information content (AvgIpc) is 2.39. The number of nitrogens with two attached hydrogens (primary N) is 1. The Bertz CT molecular complexity index is 523. The SMILES string of the molecule is CC(C)c1cccc(Oc2cc(CN)ccn2)c1. The molecule has 0 amide bonds. The van der Waals surface area contributed by atoms with Crippen LogP contribution in [0.1, 0.15) is 30.9 Å². The van der Waals surface area contributed by atoms with Crippen LogP contribution in [0.2, 0.25) is 0 Å². The van der Waals surface area contributed by atoms with Gasteiger partial charge >= 0.3 is 0 Å². The minimum absolute atomic E-state index is 0.483. The van der Waals surface area contributed by atoms with Crippen molar-refractivity contribution in [3.05, 3.63) is 53.7 Å². The van der Waals surface area contributed by atoms with Gasteiger partial charge in [-0.2, -0.15) is 0 Å². The molecule has 1 aromatic heterocycles. The maximum absolute atomic E-state index is 5.74. The first-order chi connectivity index (χ1) is 8.69. The Morgan fingerprint density at radius 1 is 1.22 bits per heavy atom. The molecule has 2 N–H and O–H groups in total. The molecule has 0 fully saturated rings. The largest absolute Gasteiger partial charge is 0.439 e. The Morgan fingerprint density at radius 2 is 2.06 bits per heavy atom. The van der Waals surface area contributed by atoms with E-state index in [1.54, 1.807) is 6.20 Å². The molecule has 0 aliphatic carbocycles. The second-order valence-corrected chi connectivity index (χ2v) is 4.54. The maximum atomic E-state index is 5.74. The summed E-state index contributed by atoms with van der Waals surface area (Å²) in [5.41, 5.74) is 7.86. The van der Waals surface area contributed by atoms with E-state index in [0.29, 0.717) is 18.3 Å². The topological polar surface area (TPSA) is 48.1 Å². The van der Waals surface area contributed by atoms with Crippen molar-refractivity contribution >= 4 is 0 Å². The van der Waals surface area contributed by atoms with Gasteiger partial charge in [0, 0.05) is 18.8 Å². The summed E-state index contributed by atoms with van der Waals surface area (Å²) in [6.07, 6.45) is 1.71.